The Bertz CT molecular complexity index is 406. The van der Waals surface area contributed by atoms with Crippen molar-refractivity contribution in [2.24, 2.45) is 0 Å². The zero-order valence-corrected chi connectivity index (χ0v) is 15.3. The summed E-state index contributed by atoms with van der Waals surface area (Å²) in [6.07, 6.45) is 4.37. The first-order chi connectivity index (χ1) is 11.3. The summed E-state index contributed by atoms with van der Waals surface area (Å²) in [7, 11) is -4.94. The maximum atomic E-state index is 11.7. The first kappa shape index (κ1) is 23.1. The van der Waals surface area contributed by atoms with Crippen LogP contribution in [0.4, 0.5) is 0 Å². The Hall–Kier alpha value is -0.950. The number of phosphoric ester groups is 1. The Kier molecular flexibility index (Phi) is 12.8. The third-order valence-electron chi connectivity index (χ3n) is 3.12. The molecule has 0 aliphatic carbocycles. The van der Waals surface area contributed by atoms with Crippen molar-refractivity contribution >= 4 is 19.8 Å². The van der Waals surface area contributed by atoms with Crippen LogP contribution in [0, 0.1) is 0 Å². The number of unbranched alkanes of at least 4 members (excludes halogenated alkanes) is 4. The van der Waals surface area contributed by atoms with Gasteiger partial charge in [-0.1, -0.05) is 39.5 Å². The quantitative estimate of drug-likeness (QED) is 0.281. The monoisotopic (exact) mass is 367 g/mol. The molecule has 0 aromatic rings. The molecule has 2 atom stereocenters. The summed E-state index contributed by atoms with van der Waals surface area (Å²) in [5.74, 6) is -0.984. The van der Waals surface area contributed by atoms with E-state index >= 15 is 0 Å². The summed E-state index contributed by atoms with van der Waals surface area (Å²) in [5, 5.41) is 0. The molecule has 0 saturated carbocycles. The highest BCUT2D eigenvalue weighted by Crippen LogP contribution is 2.30. The van der Waals surface area contributed by atoms with Gasteiger partial charge in [0, 0.05) is 12.8 Å². The van der Waals surface area contributed by atoms with Gasteiger partial charge in [0.1, 0.15) is 6.61 Å². The van der Waals surface area contributed by atoms with Crippen molar-refractivity contribution in [3.8, 4) is 0 Å². The van der Waals surface area contributed by atoms with E-state index in [0.717, 1.165) is 25.7 Å². The lowest BCUT2D eigenvalue weighted by atomic mass is 10.2. The first-order valence-corrected chi connectivity index (χ1v) is 9.81. The van der Waals surface area contributed by atoms with E-state index in [1.807, 2.05) is 13.8 Å². The van der Waals surface area contributed by atoms with E-state index in [4.69, 9.17) is 14.4 Å². The van der Waals surface area contributed by atoms with Gasteiger partial charge in [-0.3, -0.25) is 14.2 Å². The smallest absolute Gasteiger partial charge is 0.306 e. The predicted molar refractivity (Wildman–Crippen MR) is 84.9 cm³/mol. The number of esters is 2. The van der Waals surface area contributed by atoms with Crippen LogP contribution in [0.1, 0.15) is 65.2 Å². The molecule has 0 fully saturated rings. The van der Waals surface area contributed by atoms with Crippen molar-refractivity contribution in [2.45, 2.75) is 71.3 Å². The summed E-state index contributed by atoms with van der Waals surface area (Å²) in [4.78, 5) is 42.5. The van der Waals surface area contributed by atoms with E-state index in [1.165, 1.54) is 0 Å². The molecule has 0 aliphatic heterocycles. The minimum absolute atomic E-state index is 0.183. The van der Waals surface area contributed by atoms with Gasteiger partial charge in [0.2, 0.25) is 0 Å². The van der Waals surface area contributed by atoms with Gasteiger partial charge >= 0.3 is 11.9 Å². The third kappa shape index (κ3) is 14.6. The zero-order valence-electron chi connectivity index (χ0n) is 14.4. The summed E-state index contributed by atoms with van der Waals surface area (Å²) < 4.78 is 24.9. The molecule has 0 radical (unpaired) electrons. The number of phosphoric acid groups is 1. The van der Waals surface area contributed by atoms with Crippen LogP contribution in [0.2, 0.25) is 0 Å². The van der Waals surface area contributed by atoms with Crippen molar-refractivity contribution in [1.29, 1.82) is 0 Å². The van der Waals surface area contributed by atoms with E-state index in [1.54, 1.807) is 0 Å². The van der Waals surface area contributed by atoms with Crippen LogP contribution in [0.15, 0.2) is 0 Å². The second-order valence-electron chi connectivity index (χ2n) is 5.47. The van der Waals surface area contributed by atoms with Crippen molar-refractivity contribution < 1.29 is 37.9 Å². The Morgan fingerprint density at radius 2 is 1.54 bits per heavy atom. The number of hydrogen-bond acceptors (Lipinski definition) is 7. The van der Waals surface area contributed by atoms with Gasteiger partial charge in [-0.2, -0.15) is 0 Å². The fourth-order valence-electron chi connectivity index (χ4n) is 1.84. The largest absolute Gasteiger partial charge is 0.756 e. The van der Waals surface area contributed by atoms with Gasteiger partial charge < -0.3 is 23.8 Å². The second kappa shape index (κ2) is 13.4. The van der Waals surface area contributed by atoms with Gasteiger partial charge in [0.25, 0.3) is 7.82 Å². The highest BCUT2D eigenvalue weighted by Gasteiger charge is 2.19. The van der Waals surface area contributed by atoms with E-state index < -0.39 is 32.5 Å². The molecule has 0 saturated heterocycles. The molecule has 0 aliphatic rings. The molecule has 0 aromatic heterocycles. The van der Waals surface area contributed by atoms with Gasteiger partial charge in [-0.15, -0.1) is 0 Å². The highest BCUT2D eigenvalue weighted by atomic mass is 31.2. The topological polar surface area (TPSA) is 122 Å². The molecule has 0 amide bonds. The molecule has 0 aromatic carbocycles. The Balaban J connectivity index is 4.33. The molecule has 24 heavy (non-hydrogen) atoms. The summed E-state index contributed by atoms with van der Waals surface area (Å²) in [5.41, 5.74) is 0. The minimum Gasteiger partial charge on any atom is -0.756 e. The number of carbonyl (C=O) groups is 2. The molecule has 9 heteroatoms. The van der Waals surface area contributed by atoms with E-state index in [0.29, 0.717) is 12.8 Å². The molecule has 0 spiro atoms. The average Bonchev–Trinajstić information content (AvgIpc) is 2.49. The van der Waals surface area contributed by atoms with Crippen LogP contribution in [-0.4, -0.2) is 36.1 Å². The average molecular weight is 367 g/mol. The summed E-state index contributed by atoms with van der Waals surface area (Å²) in [6, 6.07) is 0. The SMILES string of the molecule is CCCCCC(=O)OC[C@H](COP(=O)([O-])O)OC(=O)CCCCC. The lowest BCUT2D eigenvalue weighted by Crippen LogP contribution is -2.30. The van der Waals surface area contributed by atoms with Crippen molar-refractivity contribution in [3.05, 3.63) is 0 Å². The molecule has 1 unspecified atom stereocenters. The predicted octanol–water partition coefficient (Wildman–Crippen LogP) is 2.08. The maximum Gasteiger partial charge on any atom is 0.306 e. The van der Waals surface area contributed by atoms with Gasteiger partial charge in [0.15, 0.2) is 6.10 Å². The minimum atomic E-state index is -4.94. The number of ether oxygens (including phenoxy) is 2. The molecular weight excluding hydrogens is 339 g/mol. The summed E-state index contributed by atoms with van der Waals surface area (Å²) in [6.45, 7) is 3.09. The van der Waals surface area contributed by atoms with Crippen LogP contribution >= 0.6 is 7.82 Å². The number of hydrogen-bond donors (Lipinski definition) is 1. The molecule has 0 heterocycles. The lowest BCUT2D eigenvalue weighted by Gasteiger charge is -2.21. The standard InChI is InChI=1S/C15H29O8P/c1-3-5-7-9-14(16)21-11-13(12-22-24(18,19)20)23-15(17)10-8-6-4-2/h13H,3-12H2,1-2H3,(H2,18,19,20)/p-1/t13-/m1/s1. The fraction of sp³-hybridized carbons (Fsp3) is 0.867. The summed E-state index contributed by atoms with van der Waals surface area (Å²) >= 11 is 0. The van der Waals surface area contributed by atoms with Crippen LogP contribution in [-0.2, 0) is 28.2 Å². The lowest BCUT2D eigenvalue weighted by molar-refractivity contribution is -0.223. The van der Waals surface area contributed by atoms with Crippen molar-refractivity contribution in [3.63, 3.8) is 0 Å². The number of carbonyl (C=O) groups excluding carboxylic acids is 2. The van der Waals surface area contributed by atoms with Crippen LogP contribution < -0.4 is 4.89 Å². The van der Waals surface area contributed by atoms with Gasteiger partial charge in [-0.05, 0) is 12.8 Å². The van der Waals surface area contributed by atoms with Crippen LogP contribution in [0.25, 0.3) is 0 Å². The second-order valence-corrected chi connectivity index (χ2v) is 6.67. The van der Waals surface area contributed by atoms with Gasteiger partial charge in [0.05, 0.1) is 6.61 Å². The van der Waals surface area contributed by atoms with E-state index in [-0.39, 0.29) is 19.4 Å². The van der Waals surface area contributed by atoms with Crippen molar-refractivity contribution in [2.75, 3.05) is 13.2 Å². The van der Waals surface area contributed by atoms with Gasteiger partial charge in [-0.25, -0.2) is 0 Å². The number of rotatable bonds is 14. The first-order valence-electron chi connectivity index (χ1n) is 8.32. The maximum absolute atomic E-state index is 11.7. The normalized spacial score (nSPS) is 14.7. The van der Waals surface area contributed by atoms with Crippen LogP contribution in [0.3, 0.4) is 0 Å². The highest BCUT2D eigenvalue weighted by molar-refractivity contribution is 7.44. The van der Waals surface area contributed by atoms with Crippen LogP contribution in [0.5, 0.6) is 0 Å². The molecule has 142 valence electrons. The molecule has 8 nitrogen and oxygen atoms in total. The Morgan fingerprint density at radius 3 is 2.04 bits per heavy atom. The molecule has 0 bridgehead atoms. The van der Waals surface area contributed by atoms with E-state index in [9.17, 15) is 19.0 Å². The molecule has 1 N–H and O–H groups in total. The van der Waals surface area contributed by atoms with Crippen molar-refractivity contribution in [1.82, 2.24) is 0 Å². The molecular formula is C15H28O8P-. The molecule has 0 rings (SSSR count). The fourth-order valence-corrected chi connectivity index (χ4v) is 2.19. The Morgan fingerprint density at radius 1 is 1.00 bits per heavy atom. The van der Waals surface area contributed by atoms with E-state index in [2.05, 4.69) is 4.52 Å². The zero-order chi connectivity index (χ0) is 18.4. The Labute approximate surface area is 143 Å². The third-order valence-corrected chi connectivity index (χ3v) is 3.60.